The zero-order chi connectivity index (χ0) is 8.81. The highest BCUT2D eigenvalue weighted by Crippen LogP contribution is 2.04. The lowest BCUT2D eigenvalue weighted by Gasteiger charge is -2.23. The molecular weight excluding hydrogens is 154 g/mol. The lowest BCUT2D eigenvalue weighted by molar-refractivity contribution is -0.142. The Labute approximate surface area is 72.8 Å². The van der Waals surface area contributed by atoms with Crippen molar-refractivity contribution in [3.63, 3.8) is 0 Å². The molecule has 0 atom stereocenters. The molecule has 1 saturated heterocycles. The number of ether oxygens (including phenoxy) is 1. The normalized spacial score (nSPS) is 17.8. The predicted molar refractivity (Wildman–Crippen MR) is 46.7 cm³/mol. The van der Waals surface area contributed by atoms with E-state index in [-0.39, 0.29) is 5.97 Å². The maximum absolute atomic E-state index is 10.8. The highest BCUT2D eigenvalue weighted by molar-refractivity contribution is 5.71. The van der Waals surface area contributed by atoms with E-state index in [2.05, 4.69) is 11.4 Å². The van der Waals surface area contributed by atoms with Crippen LogP contribution in [-0.4, -0.2) is 25.7 Å². The van der Waals surface area contributed by atoms with E-state index in [0.29, 0.717) is 18.9 Å². The first-order valence-corrected chi connectivity index (χ1v) is 4.36. The first-order chi connectivity index (χ1) is 5.83. The van der Waals surface area contributed by atoms with Crippen molar-refractivity contribution in [3.8, 4) is 0 Å². The predicted octanol–water partition coefficient (Wildman–Crippen LogP) is 0.715. The van der Waals surface area contributed by atoms with Gasteiger partial charge in [0.15, 0.2) is 0 Å². The first kappa shape index (κ1) is 9.26. The molecule has 3 nitrogen and oxygen atoms in total. The van der Waals surface area contributed by atoms with Crippen LogP contribution >= 0.6 is 0 Å². The highest BCUT2D eigenvalue weighted by atomic mass is 16.5. The van der Waals surface area contributed by atoms with Crippen molar-refractivity contribution in [1.82, 2.24) is 5.32 Å². The van der Waals surface area contributed by atoms with Crippen LogP contribution in [-0.2, 0) is 9.53 Å². The van der Waals surface area contributed by atoms with E-state index in [4.69, 9.17) is 4.74 Å². The molecule has 1 N–H and O–H groups in total. The molecule has 0 saturated carbocycles. The average Bonchev–Trinajstić information content (AvgIpc) is 1.95. The van der Waals surface area contributed by atoms with Gasteiger partial charge in [0, 0.05) is 19.0 Å². The molecule has 0 aromatic heterocycles. The van der Waals surface area contributed by atoms with Gasteiger partial charge < -0.3 is 10.1 Å². The molecule has 68 valence electrons. The molecule has 0 radical (unpaired) electrons. The third-order valence-electron chi connectivity index (χ3n) is 1.81. The molecule has 0 unspecified atom stereocenters. The van der Waals surface area contributed by atoms with Gasteiger partial charge in [-0.2, -0.15) is 0 Å². The van der Waals surface area contributed by atoms with E-state index in [0.717, 1.165) is 13.1 Å². The van der Waals surface area contributed by atoms with E-state index < -0.39 is 0 Å². The van der Waals surface area contributed by atoms with Crippen molar-refractivity contribution in [2.75, 3.05) is 19.7 Å². The Morgan fingerprint density at radius 2 is 2.42 bits per heavy atom. The van der Waals surface area contributed by atoms with Gasteiger partial charge in [0.25, 0.3) is 0 Å². The summed E-state index contributed by atoms with van der Waals surface area (Å²) in [5.74, 6) is 0.487. The van der Waals surface area contributed by atoms with Crippen molar-refractivity contribution >= 4 is 5.97 Å². The van der Waals surface area contributed by atoms with Gasteiger partial charge in [0.05, 0.1) is 13.0 Å². The van der Waals surface area contributed by atoms with E-state index >= 15 is 0 Å². The minimum Gasteiger partial charge on any atom is -0.466 e. The molecule has 1 aliphatic rings. The molecule has 0 aliphatic carbocycles. The number of nitrogens with one attached hydrogen (secondary N) is 1. The van der Waals surface area contributed by atoms with Gasteiger partial charge in [-0.3, -0.25) is 4.79 Å². The molecule has 0 amide bonds. The topological polar surface area (TPSA) is 38.3 Å². The van der Waals surface area contributed by atoms with Gasteiger partial charge in [-0.25, -0.2) is 0 Å². The Kier molecular flexibility index (Phi) is 3.80. The van der Waals surface area contributed by atoms with Crippen LogP contribution in [0, 0.1) is 5.92 Å². The maximum atomic E-state index is 10.8. The van der Waals surface area contributed by atoms with Gasteiger partial charge >= 0.3 is 5.97 Å². The maximum Gasteiger partial charge on any atom is 0.309 e. The van der Waals surface area contributed by atoms with Crippen LogP contribution in [0.1, 0.15) is 13.3 Å². The highest BCUT2D eigenvalue weighted by Gasteiger charge is 2.12. The third-order valence-corrected chi connectivity index (χ3v) is 1.81. The minimum atomic E-state index is -0.138. The molecule has 1 heterocycles. The fourth-order valence-corrected chi connectivity index (χ4v) is 1.02. The SMILES string of the molecule is CCOC(=O)C/C=C/C1CNC1. The van der Waals surface area contributed by atoms with Gasteiger partial charge in [-0.1, -0.05) is 12.2 Å². The Bertz CT molecular complexity index is 173. The Morgan fingerprint density at radius 1 is 1.67 bits per heavy atom. The zero-order valence-corrected chi connectivity index (χ0v) is 7.38. The van der Waals surface area contributed by atoms with Crippen LogP contribution in [0.25, 0.3) is 0 Å². The quantitative estimate of drug-likeness (QED) is 0.497. The molecule has 0 aromatic carbocycles. The van der Waals surface area contributed by atoms with Crippen LogP contribution in [0.4, 0.5) is 0 Å². The molecule has 1 fully saturated rings. The van der Waals surface area contributed by atoms with Crippen LogP contribution in [0.5, 0.6) is 0 Å². The second kappa shape index (κ2) is 4.93. The van der Waals surface area contributed by atoms with Gasteiger partial charge in [0.2, 0.25) is 0 Å². The summed E-state index contributed by atoms with van der Waals surface area (Å²) in [5, 5.41) is 3.16. The summed E-state index contributed by atoms with van der Waals surface area (Å²) in [6.45, 7) is 4.37. The number of rotatable bonds is 4. The van der Waals surface area contributed by atoms with Crippen molar-refractivity contribution in [2.45, 2.75) is 13.3 Å². The summed E-state index contributed by atoms with van der Waals surface area (Å²) < 4.78 is 4.77. The second-order valence-corrected chi connectivity index (χ2v) is 2.86. The van der Waals surface area contributed by atoms with Crippen LogP contribution in [0.3, 0.4) is 0 Å². The summed E-state index contributed by atoms with van der Waals surface area (Å²) in [7, 11) is 0. The standard InChI is InChI=1S/C9H15NO2/c1-2-12-9(11)5-3-4-8-6-10-7-8/h3-4,8,10H,2,5-7H2,1H3/b4-3+. The van der Waals surface area contributed by atoms with Crippen molar-refractivity contribution in [2.24, 2.45) is 5.92 Å². The summed E-state index contributed by atoms with van der Waals surface area (Å²) >= 11 is 0. The molecule has 1 aliphatic heterocycles. The van der Waals surface area contributed by atoms with E-state index in [1.54, 1.807) is 0 Å². The number of hydrogen-bond acceptors (Lipinski definition) is 3. The summed E-state index contributed by atoms with van der Waals surface area (Å²) in [4.78, 5) is 10.8. The first-order valence-electron chi connectivity index (χ1n) is 4.36. The number of carbonyl (C=O) groups excluding carboxylic acids is 1. The van der Waals surface area contributed by atoms with Gasteiger partial charge in [-0.15, -0.1) is 0 Å². The van der Waals surface area contributed by atoms with Crippen LogP contribution < -0.4 is 5.32 Å². The Morgan fingerprint density at radius 3 is 2.92 bits per heavy atom. The molecule has 3 heteroatoms. The largest absolute Gasteiger partial charge is 0.466 e. The summed E-state index contributed by atoms with van der Waals surface area (Å²) in [6, 6.07) is 0. The number of hydrogen-bond donors (Lipinski definition) is 1. The molecule has 12 heavy (non-hydrogen) atoms. The Hall–Kier alpha value is -0.830. The fourth-order valence-electron chi connectivity index (χ4n) is 1.02. The van der Waals surface area contributed by atoms with E-state index in [1.165, 1.54) is 0 Å². The third kappa shape index (κ3) is 3.05. The van der Waals surface area contributed by atoms with E-state index in [9.17, 15) is 4.79 Å². The van der Waals surface area contributed by atoms with Gasteiger partial charge in [0.1, 0.15) is 0 Å². The minimum absolute atomic E-state index is 0.138. The molecular formula is C9H15NO2. The average molecular weight is 169 g/mol. The molecule has 1 rings (SSSR count). The lowest BCUT2D eigenvalue weighted by Crippen LogP contribution is -2.40. The van der Waals surface area contributed by atoms with Crippen LogP contribution in [0.15, 0.2) is 12.2 Å². The van der Waals surface area contributed by atoms with Crippen molar-refractivity contribution < 1.29 is 9.53 Å². The van der Waals surface area contributed by atoms with Gasteiger partial charge in [-0.05, 0) is 6.92 Å². The van der Waals surface area contributed by atoms with Crippen LogP contribution in [0.2, 0.25) is 0 Å². The molecule has 0 spiro atoms. The lowest BCUT2D eigenvalue weighted by atomic mass is 10.0. The van der Waals surface area contributed by atoms with E-state index in [1.807, 2.05) is 13.0 Å². The molecule has 0 aromatic rings. The summed E-state index contributed by atoms with van der Waals surface area (Å²) in [6.07, 6.45) is 4.38. The summed E-state index contributed by atoms with van der Waals surface area (Å²) in [5.41, 5.74) is 0. The molecule has 0 bridgehead atoms. The number of carbonyl (C=O) groups is 1. The smallest absolute Gasteiger partial charge is 0.309 e. The van der Waals surface area contributed by atoms with Crippen molar-refractivity contribution in [3.05, 3.63) is 12.2 Å². The Balaban J connectivity index is 2.06. The number of esters is 1. The fraction of sp³-hybridized carbons (Fsp3) is 0.667. The zero-order valence-electron chi connectivity index (χ0n) is 7.38. The second-order valence-electron chi connectivity index (χ2n) is 2.86. The monoisotopic (exact) mass is 169 g/mol. The van der Waals surface area contributed by atoms with Crippen molar-refractivity contribution in [1.29, 1.82) is 0 Å².